The topological polar surface area (TPSA) is 96.5 Å². The fourth-order valence-electron chi connectivity index (χ4n) is 1.25. The van der Waals surface area contributed by atoms with E-state index < -0.39 is 10.0 Å². The Morgan fingerprint density at radius 1 is 1.41 bits per heavy atom. The Kier molecular flexibility index (Phi) is 4.08. The zero-order valence-electron chi connectivity index (χ0n) is 9.67. The van der Waals surface area contributed by atoms with Gasteiger partial charge < -0.3 is 10.5 Å². The maximum absolute atomic E-state index is 12.0. The van der Waals surface area contributed by atoms with E-state index in [2.05, 4.69) is 0 Å². The number of hydrogen-bond acceptors (Lipinski definition) is 4. The normalized spacial score (nSPS) is 11.5. The lowest BCUT2D eigenvalue weighted by atomic mass is 10.3. The van der Waals surface area contributed by atoms with Crippen LogP contribution in [0.4, 0.5) is 0 Å². The molecule has 0 amide bonds. The molecule has 0 fully saturated rings. The average molecular weight is 257 g/mol. The van der Waals surface area contributed by atoms with Crippen LogP contribution in [0, 0.1) is 5.41 Å². The molecule has 17 heavy (non-hydrogen) atoms. The quantitative estimate of drug-likeness (QED) is 0.583. The van der Waals surface area contributed by atoms with Crippen molar-refractivity contribution in [2.75, 3.05) is 20.7 Å². The third-order valence-electron chi connectivity index (χ3n) is 2.16. The second kappa shape index (κ2) is 5.15. The largest absolute Gasteiger partial charge is 0.497 e. The summed E-state index contributed by atoms with van der Waals surface area (Å²) in [6.07, 6.45) is 0. The van der Waals surface area contributed by atoms with Crippen molar-refractivity contribution in [3.63, 3.8) is 0 Å². The summed E-state index contributed by atoms with van der Waals surface area (Å²) in [5.74, 6) is 0.378. The minimum absolute atomic E-state index is 0.131. The number of nitrogens with two attached hydrogens (primary N) is 1. The molecule has 7 heteroatoms. The molecule has 0 unspecified atom stereocenters. The first-order valence-corrected chi connectivity index (χ1v) is 6.25. The molecule has 0 heterocycles. The van der Waals surface area contributed by atoms with E-state index in [1.54, 1.807) is 12.1 Å². The first-order valence-electron chi connectivity index (χ1n) is 4.81. The SMILES string of the molecule is COc1ccc(S(=O)(=O)N(C)CC(=N)N)cc1. The van der Waals surface area contributed by atoms with E-state index >= 15 is 0 Å². The number of likely N-dealkylation sites (N-methyl/N-ethyl adjacent to an activating group) is 1. The molecule has 0 aliphatic carbocycles. The van der Waals surface area contributed by atoms with Crippen molar-refractivity contribution in [3.8, 4) is 5.75 Å². The van der Waals surface area contributed by atoms with Gasteiger partial charge in [-0.1, -0.05) is 0 Å². The van der Waals surface area contributed by atoms with E-state index in [1.165, 1.54) is 26.3 Å². The lowest BCUT2D eigenvalue weighted by Gasteiger charge is -2.16. The lowest BCUT2D eigenvalue weighted by Crippen LogP contribution is -2.34. The molecule has 0 saturated heterocycles. The second-order valence-corrected chi connectivity index (χ2v) is 5.51. The number of hydrogen-bond donors (Lipinski definition) is 2. The zero-order valence-corrected chi connectivity index (χ0v) is 10.5. The molecule has 0 atom stereocenters. The number of methoxy groups -OCH3 is 1. The number of sulfonamides is 1. The van der Waals surface area contributed by atoms with Gasteiger partial charge >= 0.3 is 0 Å². The van der Waals surface area contributed by atoms with Crippen molar-refractivity contribution in [2.45, 2.75) is 4.90 Å². The van der Waals surface area contributed by atoms with Crippen LogP contribution in [0.25, 0.3) is 0 Å². The predicted octanol–water partition coefficient (Wildman–Crippen LogP) is 0.252. The van der Waals surface area contributed by atoms with E-state index in [9.17, 15) is 8.42 Å². The van der Waals surface area contributed by atoms with Gasteiger partial charge in [0.15, 0.2) is 0 Å². The van der Waals surface area contributed by atoms with E-state index in [0.717, 1.165) is 4.31 Å². The molecule has 1 rings (SSSR count). The minimum atomic E-state index is -3.60. The number of benzene rings is 1. The van der Waals surface area contributed by atoms with Crippen molar-refractivity contribution >= 4 is 15.9 Å². The Hall–Kier alpha value is -1.60. The van der Waals surface area contributed by atoms with Gasteiger partial charge in [-0.3, -0.25) is 5.41 Å². The standard InChI is InChI=1S/C10H15N3O3S/c1-13(7-10(11)12)17(14,15)9-5-3-8(16-2)4-6-9/h3-6H,7H2,1-2H3,(H3,11,12). The number of nitrogens with zero attached hydrogens (tertiary/aromatic N) is 1. The number of nitrogens with one attached hydrogen (secondary N) is 1. The summed E-state index contributed by atoms with van der Waals surface area (Å²) in [6.45, 7) is -0.131. The fourth-order valence-corrected chi connectivity index (χ4v) is 2.40. The molecule has 0 saturated carbocycles. The van der Waals surface area contributed by atoms with Crippen molar-refractivity contribution < 1.29 is 13.2 Å². The fraction of sp³-hybridized carbons (Fsp3) is 0.300. The Labute approximate surface area is 101 Å². The highest BCUT2D eigenvalue weighted by molar-refractivity contribution is 7.89. The molecule has 0 aliphatic heterocycles. The van der Waals surface area contributed by atoms with E-state index in [-0.39, 0.29) is 17.3 Å². The van der Waals surface area contributed by atoms with Crippen molar-refractivity contribution in [1.82, 2.24) is 4.31 Å². The molecule has 0 aliphatic rings. The number of ether oxygens (including phenoxy) is 1. The summed E-state index contributed by atoms with van der Waals surface area (Å²) in [6, 6.07) is 6.03. The van der Waals surface area contributed by atoms with Gasteiger partial charge in [0.2, 0.25) is 10.0 Å². The summed E-state index contributed by atoms with van der Waals surface area (Å²) in [4.78, 5) is 0.141. The van der Waals surface area contributed by atoms with Crippen LogP contribution in [0.15, 0.2) is 29.2 Å². The Balaban J connectivity index is 3.00. The molecule has 0 aromatic heterocycles. The van der Waals surface area contributed by atoms with E-state index in [0.29, 0.717) is 5.75 Å². The Bertz CT molecular complexity index is 496. The zero-order chi connectivity index (χ0) is 13.1. The third-order valence-corrected chi connectivity index (χ3v) is 3.98. The van der Waals surface area contributed by atoms with Gasteiger partial charge in [-0.05, 0) is 24.3 Å². The summed E-state index contributed by atoms with van der Waals surface area (Å²) in [5.41, 5.74) is 5.17. The molecule has 1 aromatic rings. The van der Waals surface area contributed by atoms with Gasteiger partial charge in [0, 0.05) is 7.05 Å². The van der Waals surface area contributed by atoms with Gasteiger partial charge in [0.05, 0.1) is 18.6 Å². The number of amidine groups is 1. The molecule has 3 N–H and O–H groups in total. The summed E-state index contributed by atoms with van der Waals surface area (Å²) >= 11 is 0. The Morgan fingerprint density at radius 3 is 2.35 bits per heavy atom. The lowest BCUT2D eigenvalue weighted by molar-refractivity contribution is 0.414. The summed E-state index contributed by atoms with van der Waals surface area (Å²) in [5, 5.41) is 7.08. The smallest absolute Gasteiger partial charge is 0.243 e. The van der Waals surface area contributed by atoms with Crippen LogP contribution in [0.5, 0.6) is 5.75 Å². The van der Waals surface area contributed by atoms with Crippen molar-refractivity contribution in [2.24, 2.45) is 5.73 Å². The molecule has 0 spiro atoms. The molecule has 1 aromatic carbocycles. The molecule has 94 valence electrons. The highest BCUT2D eigenvalue weighted by atomic mass is 32.2. The maximum atomic E-state index is 12.0. The van der Waals surface area contributed by atoms with Crippen molar-refractivity contribution in [1.29, 1.82) is 5.41 Å². The second-order valence-electron chi connectivity index (χ2n) is 3.46. The molecular weight excluding hydrogens is 242 g/mol. The predicted molar refractivity (Wildman–Crippen MR) is 64.7 cm³/mol. The molecule has 6 nitrogen and oxygen atoms in total. The first-order chi connectivity index (χ1) is 7.87. The van der Waals surface area contributed by atoms with E-state index in [4.69, 9.17) is 15.9 Å². The summed E-state index contributed by atoms with van der Waals surface area (Å²) < 4.78 is 30.0. The van der Waals surface area contributed by atoms with Gasteiger partial charge in [-0.15, -0.1) is 0 Å². The van der Waals surface area contributed by atoms with Gasteiger partial charge in [-0.2, -0.15) is 4.31 Å². The molecule has 0 radical (unpaired) electrons. The third kappa shape index (κ3) is 3.18. The van der Waals surface area contributed by atoms with Crippen LogP contribution in [0.2, 0.25) is 0 Å². The molecule has 0 bridgehead atoms. The molecular formula is C10H15N3O3S. The van der Waals surface area contributed by atoms with Crippen LogP contribution in [-0.2, 0) is 10.0 Å². The van der Waals surface area contributed by atoms with Gasteiger partial charge in [0.1, 0.15) is 11.6 Å². The summed E-state index contributed by atoms with van der Waals surface area (Å²) in [7, 11) is -0.721. The Morgan fingerprint density at radius 2 is 1.94 bits per heavy atom. The van der Waals surface area contributed by atoms with Gasteiger partial charge in [0.25, 0.3) is 0 Å². The van der Waals surface area contributed by atoms with Crippen LogP contribution in [0.3, 0.4) is 0 Å². The van der Waals surface area contributed by atoms with Crippen LogP contribution in [0.1, 0.15) is 0 Å². The highest BCUT2D eigenvalue weighted by Gasteiger charge is 2.20. The average Bonchev–Trinajstić information content (AvgIpc) is 2.28. The highest BCUT2D eigenvalue weighted by Crippen LogP contribution is 2.18. The van der Waals surface area contributed by atoms with Crippen LogP contribution in [-0.4, -0.2) is 39.3 Å². The maximum Gasteiger partial charge on any atom is 0.243 e. The van der Waals surface area contributed by atoms with Crippen molar-refractivity contribution in [3.05, 3.63) is 24.3 Å². The minimum Gasteiger partial charge on any atom is -0.497 e. The van der Waals surface area contributed by atoms with Crippen LogP contribution < -0.4 is 10.5 Å². The number of rotatable bonds is 5. The van der Waals surface area contributed by atoms with Gasteiger partial charge in [-0.25, -0.2) is 8.42 Å². The monoisotopic (exact) mass is 257 g/mol. The van der Waals surface area contributed by atoms with Crippen LogP contribution >= 0.6 is 0 Å². The van der Waals surface area contributed by atoms with E-state index in [1.807, 2.05) is 0 Å². The first kappa shape index (κ1) is 13.5.